The van der Waals surface area contributed by atoms with E-state index in [-0.39, 0.29) is 11.9 Å². The first-order chi connectivity index (χ1) is 13.7. The molecule has 3 aromatic heterocycles. The summed E-state index contributed by atoms with van der Waals surface area (Å²) < 4.78 is 0. The molecule has 1 atom stereocenters. The maximum atomic E-state index is 12.6. The Labute approximate surface area is 178 Å². The maximum Gasteiger partial charge on any atom is 0.226 e. The Hall–Kier alpha value is -1.54. The van der Waals surface area contributed by atoms with Crippen molar-refractivity contribution in [2.45, 2.75) is 32.2 Å². The molecule has 1 N–H and O–H groups in total. The first kappa shape index (κ1) is 19.8. The second-order valence-electron chi connectivity index (χ2n) is 7.39. The molecule has 0 radical (unpaired) electrons. The molecule has 1 fully saturated rings. The lowest BCUT2D eigenvalue weighted by atomic mass is 9.97. The SMILES string of the molecule is CC1CCN(C(CNC(=O)Cc2csc(-c3ccsc3)n2)c2cccs2)CC1. The molecule has 0 aliphatic carbocycles. The third-order valence-corrected chi connectivity index (χ3v) is 7.88. The van der Waals surface area contributed by atoms with Crippen molar-refractivity contribution in [1.29, 1.82) is 0 Å². The first-order valence-electron chi connectivity index (χ1n) is 9.70. The van der Waals surface area contributed by atoms with Crippen LogP contribution in [0.15, 0.2) is 39.7 Å². The zero-order chi connectivity index (χ0) is 19.3. The molecule has 1 aliphatic heterocycles. The third-order valence-electron chi connectivity index (χ3n) is 5.28. The number of carbonyl (C=O) groups excluding carboxylic acids is 1. The normalized spacial score (nSPS) is 16.9. The number of rotatable bonds is 7. The molecule has 4 heterocycles. The quantitative estimate of drug-likeness (QED) is 0.568. The lowest BCUT2D eigenvalue weighted by molar-refractivity contribution is -0.120. The summed E-state index contributed by atoms with van der Waals surface area (Å²) in [5.74, 6) is 0.853. The number of aromatic nitrogens is 1. The molecule has 3 aromatic rings. The van der Waals surface area contributed by atoms with E-state index in [2.05, 4.69) is 56.5 Å². The van der Waals surface area contributed by atoms with Crippen LogP contribution >= 0.6 is 34.0 Å². The summed E-state index contributed by atoms with van der Waals surface area (Å²) in [4.78, 5) is 21.0. The van der Waals surface area contributed by atoms with Crippen molar-refractivity contribution >= 4 is 39.9 Å². The molecule has 1 unspecified atom stereocenters. The molecule has 0 saturated carbocycles. The van der Waals surface area contributed by atoms with E-state index in [1.807, 2.05) is 5.38 Å². The summed E-state index contributed by atoms with van der Waals surface area (Å²) in [6, 6.07) is 6.63. The number of nitrogens with one attached hydrogen (secondary N) is 1. The van der Waals surface area contributed by atoms with Crippen LogP contribution < -0.4 is 5.32 Å². The largest absolute Gasteiger partial charge is 0.354 e. The van der Waals surface area contributed by atoms with E-state index in [0.29, 0.717) is 13.0 Å². The number of likely N-dealkylation sites (tertiary alicyclic amines) is 1. The van der Waals surface area contributed by atoms with Gasteiger partial charge in [0.1, 0.15) is 5.01 Å². The zero-order valence-electron chi connectivity index (χ0n) is 16.0. The lowest BCUT2D eigenvalue weighted by Gasteiger charge is -2.36. The van der Waals surface area contributed by atoms with Gasteiger partial charge in [-0.1, -0.05) is 13.0 Å². The monoisotopic (exact) mass is 431 g/mol. The smallest absolute Gasteiger partial charge is 0.226 e. The van der Waals surface area contributed by atoms with E-state index < -0.39 is 0 Å². The molecule has 1 amide bonds. The number of amides is 1. The minimum Gasteiger partial charge on any atom is -0.354 e. The van der Waals surface area contributed by atoms with Crippen molar-refractivity contribution in [3.05, 3.63) is 50.3 Å². The molecule has 7 heteroatoms. The van der Waals surface area contributed by atoms with Crippen molar-refractivity contribution in [2.75, 3.05) is 19.6 Å². The predicted octanol–water partition coefficient (Wildman–Crippen LogP) is 5.07. The lowest BCUT2D eigenvalue weighted by Crippen LogP contribution is -2.42. The summed E-state index contributed by atoms with van der Waals surface area (Å²) in [6.45, 7) is 5.21. The second kappa shape index (κ2) is 9.31. The van der Waals surface area contributed by atoms with E-state index in [0.717, 1.165) is 35.3 Å². The molecule has 0 bridgehead atoms. The van der Waals surface area contributed by atoms with Crippen LogP contribution in [-0.2, 0) is 11.2 Å². The summed E-state index contributed by atoms with van der Waals surface area (Å²) in [7, 11) is 0. The summed E-state index contributed by atoms with van der Waals surface area (Å²) >= 11 is 5.05. The van der Waals surface area contributed by atoms with Gasteiger partial charge in [-0.15, -0.1) is 22.7 Å². The van der Waals surface area contributed by atoms with Crippen LogP contribution in [0.1, 0.15) is 36.4 Å². The number of hydrogen-bond donors (Lipinski definition) is 1. The number of thiazole rings is 1. The Morgan fingerprint density at radius 2 is 2.11 bits per heavy atom. The number of hydrogen-bond acceptors (Lipinski definition) is 6. The Balaban J connectivity index is 1.35. The van der Waals surface area contributed by atoms with Crippen LogP contribution in [0, 0.1) is 5.92 Å². The van der Waals surface area contributed by atoms with Gasteiger partial charge >= 0.3 is 0 Å². The number of thiophene rings is 2. The van der Waals surface area contributed by atoms with Gasteiger partial charge in [-0.25, -0.2) is 4.98 Å². The van der Waals surface area contributed by atoms with Gasteiger partial charge in [0.25, 0.3) is 0 Å². The van der Waals surface area contributed by atoms with Crippen molar-refractivity contribution < 1.29 is 4.79 Å². The second-order valence-corrected chi connectivity index (χ2v) is 10.0. The van der Waals surface area contributed by atoms with E-state index in [1.165, 1.54) is 17.7 Å². The van der Waals surface area contributed by atoms with Crippen molar-refractivity contribution in [1.82, 2.24) is 15.2 Å². The molecule has 4 nitrogen and oxygen atoms in total. The van der Waals surface area contributed by atoms with Crippen LogP contribution in [0.25, 0.3) is 10.6 Å². The van der Waals surface area contributed by atoms with E-state index in [4.69, 9.17) is 0 Å². The Morgan fingerprint density at radius 3 is 2.82 bits per heavy atom. The van der Waals surface area contributed by atoms with Crippen LogP contribution in [-0.4, -0.2) is 35.4 Å². The summed E-state index contributed by atoms with van der Waals surface area (Å²) in [5.41, 5.74) is 1.99. The molecule has 0 spiro atoms. The van der Waals surface area contributed by atoms with Gasteiger partial charge in [-0.3, -0.25) is 9.69 Å². The minimum absolute atomic E-state index is 0.0501. The molecule has 0 aromatic carbocycles. The molecule has 4 rings (SSSR count). The molecular formula is C21H25N3OS3. The standard InChI is InChI=1S/C21H25N3OS3/c1-15-4-7-24(8-5-15)18(19-3-2-9-27-19)12-22-20(25)11-17-14-28-21(23-17)16-6-10-26-13-16/h2-3,6,9-10,13-15,18H,4-5,7-8,11-12H2,1H3,(H,22,25). The highest BCUT2D eigenvalue weighted by molar-refractivity contribution is 7.14. The number of piperidine rings is 1. The fourth-order valence-electron chi connectivity index (χ4n) is 3.58. The Kier molecular flexibility index (Phi) is 6.57. The Morgan fingerprint density at radius 1 is 1.25 bits per heavy atom. The highest BCUT2D eigenvalue weighted by atomic mass is 32.1. The van der Waals surface area contributed by atoms with Gasteiger partial charge in [0.2, 0.25) is 5.91 Å². The van der Waals surface area contributed by atoms with Crippen molar-refractivity contribution in [3.8, 4) is 10.6 Å². The van der Waals surface area contributed by atoms with E-state index in [1.54, 1.807) is 34.0 Å². The third kappa shape index (κ3) is 4.89. The van der Waals surface area contributed by atoms with Gasteiger partial charge in [0.15, 0.2) is 0 Å². The van der Waals surface area contributed by atoms with Gasteiger partial charge in [-0.2, -0.15) is 11.3 Å². The molecule has 1 aliphatic rings. The highest BCUT2D eigenvalue weighted by Gasteiger charge is 2.25. The van der Waals surface area contributed by atoms with Gasteiger partial charge in [-0.05, 0) is 54.7 Å². The molecule has 28 heavy (non-hydrogen) atoms. The van der Waals surface area contributed by atoms with Crippen molar-refractivity contribution in [2.24, 2.45) is 5.92 Å². The molecule has 1 saturated heterocycles. The van der Waals surface area contributed by atoms with E-state index in [9.17, 15) is 4.79 Å². The average Bonchev–Trinajstić information content (AvgIpc) is 3.46. The summed E-state index contributed by atoms with van der Waals surface area (Å²) in [6.07, 6.45) is 2.81. The van der Waals surface area contributed by atoms with Gasteiger partial charge in [0, 0.05) is 27.7 Å². The first-order valence-corrected chi connectivity index (χ1v) is 12.4. The zero-order valence-corrected chi connectivity index (χ0v) is 18.4. The predicted molar refractivity (Wildman–Crippen MR) is 119 cm³/mol. The fraction of sp³-hybridized carbons (Fsp3) is 0.429. The van der Waals surface area contributed by atoms with Crippen molar-refractivity contribution in [3.63, 3.8) is 0 Å². The van der Waals surface area contributed by atoms with Gasteiger partial charge < -0.3 is 5.32 Å². The minimum atomic E-state index is 0.0501. The number of nitrogens with zero attached hydrogens (tertiary/aromatic N) is 2. The van der Waals surface area contributed by atoms with E-state index >= 15 is 0 Å². The summed E-state index contributed by atoms with van der Waals surface area (Å²) in [5, 5.41) is 12.4. The van der Waals surface area contributed by atoms with Crippen LogP contribution in [0.5, 0.6) is 0 Å². The van der Waals surface area contributed by atoms with Gasteiger partial charge in [0.05, 0.1) is 18.2 Å². The topological polar surface area (TPSA) is 45.2 Å². The Bertz CT molecular complexity index is 865. The van der Waals surface area contributed by atoms with Crippen LogP contribution in [0.2, 0.25) is 0 Å². The number of carbonyl (C=O) groups is 1. The molecular weight excluding hydrogens is 406 g/mol. The molecule has 148 valence electrons. The van der Waals surface area contributed by atoms with Crippen LogP contribution in [0.3, 0.4) is 0 Å². The maximum absolute atomic E-state index is 12.6. The van der Waals surface area contributed by atoms with Crippen LogP contribution in [0.4, 0.5) is 0 Å². The average molecular weight is 432 g/mol. The highest BCUT2D eigenvalue weighted by Crippen LogP contribution is 2.29. The fourth-order valence-corrected chi connectivity index (χ4v) is 5.97.